The molecule has 0 spiro atoms. The number of fused-ring (bicyclic) bond motifs is 1. The standard InChI is InChI=1S/C10H7F3IN/c11-10(12,13)6-15-5-4-7-8(14)2-1-3-9(7)15/h1-5H,6H2. The minimum absolute atomic E-state index is 0.624. The Morgan fingerprint density at radius 2 is 1.93 bits per heavy atom. The highest BCUT2D eigenvalue weighted by Gasteiger charge is 2.28. The molecule has 0 unspecified atom stereocenters. The average molecular weight is 325 g/mol. The third-order valence-corrected chi connectivity index (χ3v) is 3.05. The van der Waals surface area contributed by atoms with Crippen LogP contribution in [-0.2, 0) is 6.54 Å². The number of nitrogens with zero attached hydrogens (tertiary/aromatic N) is 1. The van der Waals surface area contributed by atoms with Crippen molar-refractivity contribution in [1.82, 2.24) is 4.57 Å². The fraction of sp³-hybridized carbons (Fsp3) is 0.200. The van der Waals surface area contributed by atoms with Gasteiger partial charge in [0.2, 0.25) is 0 Å². The first-order valence-corrected chi connectivity index (χ1v) is 5.35. The highest BCUT2D eigenvalue weighted by Crippen LogP contribution is 2.25. The predicted molar refractivity (Wildman–Crippen MR) is 60.7 cm³/mol. The zero-order valence-electron chi connectivity index (χ0n) is 7.55. The fourth-order valence-electron chi connectivity index (χ4n) is 1.52. The largest absolute Gasteiger partial charge is 0.406 e. The summed E-state index contributed by atoms with van der Waals surface area (Å²) in [6, 6.07) is 7.05. The van der Waals surface area contributed by atoms with Crippen LogP contribution in [-0.4, -0.2) is 10.7 Å². The lowest BCUT2D eigenvalue weighted by Gasteiger charge is -2.08. The van der Waals surface area contributed by atoms with Crippen LogP contribution in [0.15, 0.2) is 30.5 Å². The smallest absolute Gasteiger partial charge is 0.338 e. The molecule has 15 heavy (non-hydrogen) atoms. The Labute approximate surface area is 98.0 Å². The Hall–Kier alpha value is -0.720. The SMILES string of the molecule is FC(F)(F)Cn1ccc2c(I)cccc21. The number of aromatic nitrogens is 1. The van der Waals surface area contributed by atoms with Crippen LogP contribution in [0.3, 0.4) is 0 Å². The third kappa shape index (κ3) is 2.27. The van der Waals surface area contributed by atoms with E-state index in [1.165, 1.54) is 10.8 Å². The van der Waals surface area contributed by atoms with Gasteiger partial charge in [0.1, 0.15) is 6.54 Å². The molecule has 5 heteroatoms. The van der Waals surface area contributed by atoms with Gasteiger partial charge in [-0.15, -0.1) is 0 Å². The topological polar surface area (TPSA) is 4.93 Å². The highest BCUT2D eigenvalue weighted by molar-refractivity contribution is 14.1. The monoisotopic (exact) mass is 325 g/mol. The van der Waals surface area contributed by atoms with E-state index in [9.17, 15) is 13.2 Å². The van der Waals surface area contributed by atoms with E-state index in [2.05, 4.69) is 22.6 Å². The van der Waals surface area contributed by atoms with Gasteiger partial charge in [-0.05, 0) is 40.8 Å². The van der Waals surface area contributed by atoms with Crippen molar-refractivity contribution < 1.29 is 13.2 Å². The van der Waals surface area contributed by atoms with Crippen LogP contribution < -0.4 is 0 Å². The first-order valence-electron chi connectivity index (χ1n) is 4.27. The fourth-order valence-corrected chi connectivity index (χ4v) is 2.18. The van der Waals surface area contributed by atoms with Gasteiger partial charge in [0.15, 0.2) is 0 Å². The summed E-state index contributed by atoms with van der Waals surface area (Å²) in [5, 5.41) is 0.863. The Morgan fingerprint density at radius 1 is 1.20 bits per heavy atom. The molecule has 0 aliphatic heterocycles. The number of halogens is 4. The lowest BCUT2D eigenvalue weighted by Crippen LogP contribution is -2.16. The molecular weight excluding hydrogens is 318 g/mol. The number of alkyl halides is 3. The summed E-state index contributed by atoms with van der Waals surface area (Å²) >= 11 is 2.11. The lowest BCUT2D eigenvalue weighted by atomic mass is 10.2. The summed E-state index contributed by atoms with van der Waals surface area (Å²) < 4.78 is 38.9. The van der Waals surface area contributed by atoms with Gasteiger partial charge in [-0.2, -0.15) is 13.2 Å². The third-order valence-electron chi connectivity index (χ3n) is 2.11. The average Bonchev–Trinajstić information content (AvgIpc) is 2.48. The van der Waals surface area contributed by atoms with Crippen LogP contribution in [0.1, 0.15) is 0 Å². The zero-order chi connectivity index (χ0) is 11.1. The second-order valence-electron chi connectivity index (χ2n) is 3.23. The normalized spacial score (nSPS) is 12.3. The van der Waals surface area contributed by atoms with Gasteiger partial charge in [0.05, 0.1) is 0 Å². The van der Waals surface area contributed by atoms with Crippen molar-refractivity contribution in [3.8, 4) is 0 Å². The van der Waals surface area contributed by atoms with Crippen LogP contribution >= 0.6 is 22.6 Å². The van der Waals surface area contributed by atoms with Gasteiger partial charge in [0.25, 0.3) is 0 Å². The molecule has 2 rings (SSSR count). The Kier molecular flexibility index (Phi) is 2.66. The minimum atomic E-state index is -4.17. The molecular formula is C10H7F3IN. The number of benzene rings is 1. The molecule has 0 aliphatic carbocycles. The van der Waals surface area contributed by atoms with Crippen molar-refractivity contribution in [3.05, 3.63) is 34.0 Å². The minimum Gasteiger partial charge on any atom is -0.338 e. The van der Waals surface area contributed by atoms with E-state index in [1.54, 1.807) is 18.2 Å². The molecule has 1 aromatic carbocycles. The molecule has 0 saturated heterocycles. The zero-order valence-corrected chi connectivity index (χ0v) is 9.71. The van der Waals surface area contributed by atoms with Crippen LogP contribution in [0.25, 0.3) is 10.9 Å². The van der Waals surface area contributed by atoms with Crippen molar-refractivity contribution in [1.29, 1.82) is 0 Å². The van der Waals surface area contributed by atoms with E-state index < -0.39 is 12.7 Å². The summed E-state index contributed by atoms with van der Waals surface area (Å²) in [6.07, 6.45) is -2.70. The van der Waals surface area contributed by atoms with E-state index in [1.807, 2.05) is 6.07 Å². The lowest BCUT2D eigenvalue weighted by molar-refractivity contribution is -0.139. The van der Waals surface area contributed by atoms with E-state index in [0.29, 0.717) is 5.52 Å². The van der Waals surface area contributed by atoms with Gasteiger partial charge >= 0.3 is 6.18 Å². The van der Waals surface area contributed by atoms with Crippen LogP contribution in [0.4, 0.5) is 13.2 Å². The summed E-state index contributed by atoms with van der Waals surface area (Å²) in [5.41, 5.74) is 0.624. The summed E-state index contributed by atoms with van der Waals surface area (Å²) in [4.78, 5) is 0. The molecule has 1 heterocycles. The molecule has 0 aliphatic rings. The molecule has 2 aromatic rings. The van der Waals surface area contributed by atoms with Crippen LogP contribution in [0, 0.1) is 3.57 Å². The number of hydrogen-bond acceptors (Lipinski definition) is 0. The maximum atomic E-state index is 12.2. The highest BCUT2D eigenvalue weighted by atomic mass is 127. The number of rotatable bonds is 1. The maximum Gasteiger partial charge on any atom is 0.406 e. The van der Waals surface area contributed by atoms with Crippen molar-refractivity contribution in [2.24, 2.45) is 0 Å². The molecule has 0 radical (unpaired) electrons. The molecule has 0 amide bonds. The number of hydrogen-bond donors (Lipinski definition) is 0. The molecule has 0 bridgehead atoms. The van der Waals surface area contributed by atoms with Crippen molar-refractivity contribution in [2.75, 3.05) is 0 Å². The maximum absolute atomic E-state index is 12.2. The molecule has 0 fully saturated rings. The quantitative estimate of drug-likeness (QED) is 0.703. The van der Waals surface area contributed by atoms with E-state index in [-0.39, 0.29) is 0 Å². The van der Waals surface area contributed by atoms with Gasteiger partial charge < -0.3 is 4.57 Å². The molecule has 0 saturated carbocycles. The van der Waals surface area contributed by atoms with E-state index in [0.717, 1.165) is 8.96 Å². The van der Waals surface area contributed by atoms with Gasteiger partial charge in [-0.3, -0.25) is 0 Å². The van der Waals surface area contributed by atoms with Gasteiger partial charge in [-0.1, -0.05) is 6.07 Å². The molecule has 0 atom stereocenters. The van der Waals surface area contributed by atoms with Crippen molar-refractivity contribution in [3.63, 3.8) is 0 Å². The molecule has 1 aromatic heterocycles. The van der Waals surface area contributed by atoms with E-state index >= 15 is 0 Å². The Bertz CT molecular complexity index is 487. The Morgan fingerprint density at radius 3 is 2.60 bits per heavy atom. The predicted octanol–water partition coefficient (Wildman–Crippen LogP) is 3.81. The molecule has 80 valence electrons. The van der Waals surface area contributed by atoms with Crippen LogP contribution in [0.2, 0.25) is 0 Å². The molecule has 1 nitrogen and oxygen atoms in total. The van der Waals surface area contributed by atoms with Crippen molar-refractivity contribution in [2.45, 2.75) is 12.7 Å². The van der Waals surface area contributed by atoms with Crippen molar-refractivity contribution >= 4 is 33.5 Å². The summed E-state index contributed by atoms with van der Waals surface area (Å²) in [6.45, 7) is -0.934. The second-order valence-corrected chi connectivity index (χ2v) is 4.39. The first kappa shape index (κ1) is 10.8. The Balaban J connectivity index is 2.50. The molecule has 0 N–H and O–H groups in total. The van der Waals surface area contributed by atoms with Gasteiger partial charge in [-0.25, -0.2) is 0 Å². The van der Waals surface area contributed by atoms with E-state index in [4.69, 9.17) is 0 Å². The van der Waals surface area contributed by atoms with Gasteiger partial charge in [0, 0.05) is 20.7 Å². The summed E-state index contributed by atoms with van der Waals surface area (Å²) in [5.74, 6) is 0. The summed E-state index contributed by atoms with van der Waals surface area (Å²) in [7, 11) is 0. The first-order chi connectivity index (χ1) is 6.97. The van der Waals surface area contributed by atoms with Crippen LogP contribution in [0.5, 0.6) is 0 Å². The second kappa shape index (κ2) is 3.70.